The second-order valence-corrected chi connectivity index (χ2v) is 6.49. The molecule has 0 radical (unpaired) electrons. The van der Waals surface area contributed by atoms with Crippen LogP contribution in [0.15, 0.2) is 53.5 Å². The molecule has 29 heavy (non-hydrogen) atoms. The van der Waals surface area contributed by atoms with Gasteiger partial charge < -0.3 is 10.5 Å². The van der Waals surface area contributed by atoms with Crippen molar-refractivity contribution in [1.82, 2.24) is 5.32 Å². The highest BCUT2D eigenvalue weighted by Gasteiger charge is 2.46. The van der Waals surface area contributed by atoms with E-state index in [4.69, 9.17) is 5.73 Å². The highest BCUT2D eigenvalue weighted by molar-refractivity contribution is 6.09. The first-order valence-electron chi connectivity index (χ1n) is 8.89. The van der Waals surface area contributed by atoms with Crippen LogP contribution in [0.4, 0.5) is 17.6 Å². The standard InChI is InChI=1S/C20H19F4N3O2/c21-10-2-5-16(22)12-3-1-4-14(11-12)20(17(28)26-19(25)27-20)13-6-8-15(9-7-13)29-18(23)24/h1,3-4,6-9,11,16,18H,2,5,10H2,(H3,25,26,27,28). The molecule has 0 fully saturated rings. The fraction of sp³-hybridized carbons (Fsp3) is 0.300. The van der Waals surface area contributed by atoms with Crippen LogP contribution in [0.25, 0.3) is 0 Å². The van der Waals surface area contributed by atoms with Crippen molar-refractivity contribution in [3.8, 4) is 5.75 Å². The number of hydrogen-bond donors (Lipinski definition) is 2. The minimum Gasteiger partial charge on any atom is -0.435 e. The van der Waals surface area contributed by atoms with Crippen molar-refractivity contribution in [2.45, 2.75) is 31.2 Å². The Kier molecular flexibility index (Phi) is 6.05. The second kappa shape index (κ2) is 8.50. The molecule has 2 aromatic rings. The normalized spacial score (nSPS) is 19.8. The van der Waals surface area contributed by atoms with Crippen LogP contribution in [0, 0.1) is 0 Å². The van der Waals surface area contributed by atoms with Crippen LogP contribution >= 0.6 is 0 Å². The van der Waals surface area contributed by atoms with Gasteiger partial charge in [-0.3, -0.25) is 14.5 Å². The van der Waals surface area contributed by atoms with E-state index in [1.54, 1.807) is 18.2 Å². The van der Waals surface area contributed by atoms with Crippen molar-refractivity contribution >= 4 is 11.9 Å². The fourth-order valence-corrected chi connectivity index (χ4v) is 3.28. The van der Waals surface area contributed by atoms with Gasteiger partial charge in [0.25, 0.3) is 5.91 Å². The summed E-state index contributed by atoms with van der Waals surface area (Å²) in [4.78, 5) is 17.1. The molecule has 154 valence electrons. The average molecular weight is 409 g/mol. The number of ether oxygens (including phenoxy) is 1. The summed E-state index contributed by atoms with van der Waals surface area (Å²) in [5.74, 6) is -0.769. The fourth-order valence-electron chi connectivity index (χ4n) is 3.28. The van der Waals surface area contributed by atoms with E-state index in [0.717, 1.165) is 0 Å². The first-order valence-corrected chi connectivity index (χ1v) is 8.89. The van der Waals surface area contributed by atoms with Crippen molar-refractivity contribution in [2.24, 2.45) is 10.7 Å². The summed E-state index contributed by atoms with van der Waals surface area (Å²) in [7, 11) is 0. The number of benzene rings is 2. The highest BCUT2D eigenvalue weighted by Crippen LogP contribution is 2.39. The van der Waals surface area contributed by atoms with E-state index in [2.05, 4.69) is 15.0 Å². The van der Waals surface area contributed by atoms with Crippen LogP contribution in [0.3, 0.4) is 0 Å². The number of guanidine groups is 1. The molecule has 2 atom stereocenters. The smallest absolute Gasteiger partial charge is 0.387 e. The van der Waals surface area contributed by atoms with Gasteiger partial charge in [-0.15, -0.1) is 0 Å². The lowest BCUT2D eigenvalue weighted by atomic mass is 9.82. The van der Waals surface area contributed by atoms with Crippen LogP contribution in [0.5, 0.6) is 5.75 Å². The van der Waals surface area contributed by atoms with Gasteiger partial charge in [-0.05, 0) is 47.7 Å². The van der Waals surface area contributed by atoms with Crippen molar-refractivity contribution < 1.29 is 27.1 Å². The summed E-state index contributed by atoms with van der Waals surface area (Å²) in [6, 6.07) is 11.6. The maximum absolute atomic E-state index is 14.4. The Morgan fingerprint density at radius 3 is 2.41 bits per heavy atom. The Bertz CT molecular complexity index is 905. The minimum absolute atomic E-state index is 0.00419. The molecule has 1 aliphatic heterocycles. The molecule has 2 aromatic carbocycles. The monoisotopic (exact) mass is 409 g/mol. The Morgan fingerprint density at radius 1 is 1.10 bits per heavy atom. The molecular weight excluding hydrogens is 390 g/mol. The Labute approximate surface area is 164 Å². The molecule has 1 amide bonds. The largest absolute Gasteiger partial charge is 0.435 e. The predicted molar refractivity (Wildman–Crippen MR) is 99.1 cm³/mol. The number of carbonyl (C=O) groups is 1. The van der Waals surface area contributed by atoms with Gasteiger partial charge in [0, 0.05) is 0 Å². The molecule has 0 aliphatic carbocycles. The lowest BCUT2D eigenvalue weighted by Gasteiger charge is -2.25. The van der Waals surface area contributed by atoms with Gasteiger partial charge in [-0.1, -0.05) is 30.3 Å². The quantitative estimate of drug-likeness (QED) is 0.653. The van der Waals surface area contributed by atoms with E-state index in [9.17, 15) is 22.4 Å². The number of alkyl halides is 4. The Balaban J connectivity index is 2.04. The summed E-state index contributed by atoms with van der Waals surface area (Å²) in [6.45, 7) is -3.61. The maximum Gasteiger partial charge on any atom is 0.387 e. The third-order valence-corrected chi connectivity index (χ3v) is 4.61. The topological polar surface area (TPSA) is 76.7 Å². The lowest BCUT2D eigenvalue weighted by Crippen LogP contribution is -2.39. The first kappa shape index (κ1) is 20.6. The number of amides is 1. The van der Waals surface area contributed by atoms with E-state index in [1.165, 1.54) is 30.3 Å². The summed E-state index contributed by atoms with van der Waals surface area (Å²) in [6.07, 6.45) is -1.33. The number of carbonyl (C=O) groups excluding carboxylic acids is 1. The number of nitrogens with zero attached hydrogens (tertiary/aromatic N) is 1. The van der Waals surface area contributed by atoms with E-state index in [-0.39, 0.29) is 30.1 Å². The number of rotatable bonds is 8. The van der Waals surface area contributed by atoms with Gasteiger partial charge in [-0.25, -0.2) is 9.38 Å². The summed E-state index contributed by atoms with van der Waals surface area (Å²) in [5, 5.41) is 2.43. The molecule has 0 spiro atoms. The van der Waals surface area contributed by atoms with Crippen molar-refractivity contribution in [1.29, 1.82) is 0 Å². The van der Waals surface area contributed by atoms with Gasteiger partial charge >= 0.3 is 6.61 Å². The molecule has 0 bridgehead atoms. The number of hydrogen-bond acceptors (Lipinski definition) is 4. The number of nitrogens with one attached hydrogen (secondary N) is 1. The minimum atomic E-state index is -2.99. The maximum atomic E-state index is 14.4. The number of aliphatic imine (C=N–C) groups is 1. The molecule has 1 aliphatic rings. The Hall–Kier alpha value is -3.10. The molecule has 0 saturated heterocycles. The number of halogens is 4. The molecular formula is C20H19F4N3O2. The van der Waals surface area contributed by atoms with Gasteiger partial charge in [0.15, 0.2) is 11.5 Å². The second-order valence-electron chi connectivity index (χ2n) is 6.49. The molecule has 3 N–H and O–H groups in total. The summed E-state index contributed by atoms with van der Waals surface area (Å²) >= 11 is 0. The zero-order valence-electron chi connectivity index (χ0n) is 15.2. The first-order chi connectivity index (χ1) is 13.9. The van der Waals surface area contributed by atoms with Gasteiger partial charge in [0.05, 0.1) is 6.67 Å². The predicted octanol–water partition coefficient (Wildman–Crippen LogP) is 3.74. The van der Waals surface area contributed by atoms with Gasteiger partial charge in [-0.2, -0.15) is 8.78 Å². The third kappa shape index (κ3) is 4.18. The molecule has 9 heteroatoms. The zero-order chi connectivity index (χ0) is 21.0. The molecule has 3 rings (SSSR count). The van der Waals surface area contributed by atoms with Crippen LogP contribution in [-0.2, 0) is 10.3 Å². The highest BCUT2D eigenvalue weighted by atomic mass is 19.3. The molecule has 5 nitrogen and oxygen atoms in total. The average Bonchev–Trinajstić information content (AvgIpc) is 3.01. The molecule has 0 saturated carbocycles. The van der Waals surface area contributed by atoms with E-state index >= 15 is 0 Å². The van der Waals surface area contributed by atoms with E-state index in [0.29, 0.717) is 11.1 Å². The zero-order valence-corrected chi connectivity index (χ0v) is 15.2. The van der Waals surface area contributed by atoms with E-state index in [1.807, 2.05) is 0 Å². The van der Waals surface area contributed by atoms with Crippen LogP contribution < -0.4 is 15.8 Å². The van der Waals surface area contributed by atoms with Crippen LogP contribution in [0.2, 0.25) is 0 Å². The lowest BCUT2D eigenvalue weighted by molar-refractivity contribution is -0.122. The van der Waals surface area contributed by atoms with Crippen molar-refractivity contribution in [2.75, 3.05) is 6.67 Å². The van der Waals surface area contributed by atoms with Crippen molar-refractivity contribution in [3.05, 3.63) is 65.2 Å². The van der Waals surface area contributed by atoms with Crippen LogP contribution in [-0.4, -0.2) is 25.2 Å². The molecule has 1 heterocycles. The summed E-state index contributed by atoms with van der Waals surface area (Å²) < 4.78 is 56.0. The van der Waals surface area contributed by atoms with E-state index < -0.39 is 30.9 Å². The third-order valence-electron chi connectivity index (χ3n) is 4.61. The SMILES string of the molecule is NC1=NC(c2ccc(OC(F)F)cc2)(c2cccc(C(F)CCCF)c2)C(=O)N1. The van der Waals surface area contributed by atoms with Crippen molar-refractivity contribution in [3.63, 3.8) is 0 Å². The van der Waals surface area contributed by atoms with Gasteiger partial charge in [0.2, 0.25) is 0 Å². The van der Waals surface area contributed by atoms with Crippen LogP contribution in [0.1, 0.15) is 35.7 Å². The molecule has 2 unspecified atom stereocenters. The number of nitrogens with two attached hydrogens (primary N) is 1. The molecule has 0 aromatic heterocycles. The summed E-state index contributed by atoms with van der Waals surface area (Å²) in [5.41, 5.74) is 5.07. The Morgan fingerprint density at radius 2 is 1.83 bits per heavy atom. The van der Waals surface area contributed by atoms with Gasteiger partial charge in [0.1, 0.15) is 11.9 Å².